The molecule has 1 aliphatic rings. The van der Waals surface area contributed by atoms with E-state index in [1.165, 1.54) is 0 Å². The second-order valence-electron chi connectivity index (χ2n) is 5.38. The molecule has 6 nitrogen and oxygen atoms in total. The first-order valence-corrected chi connectivity index (χ1v) is 9.14. The van der Waals surface area contributed by atoms with Crippen LogP contribution in [0.5, 0.6) is 0 Å². The first kappa shape index (κ1) is 16.0. The van der Waals surface area contributed by atoms with Crippen LogP contribution in [0, 0.1) is 0 Å². The van der Waals surface area contributed by atoms with Gasteiger partial charge in [0.25, 0.3) is 0 Å². The summed E-state index contributed by atoms with van der Waals surface area (Å²) in [5.74, 6) is 0.774. The molecule has 1 fully saturated rings. The molecule has 21 heavy (non-hydrogen) atoms. The zero-order valence-electron chi connectivity index (χ0n) is 12.2. The number of furan rings is 1. The Hall–Kier alpha value is -1.34. The third-order valence-corrected chi connectivity index (χ3v) is 4.38. The highest BCUT2D eigenvalue weighted by molar-refractivity contribution is 7.88. The van der Waals surface area contributed by atoms with E-state index in [0.29, 0.717) is 6.54 Å². The highest BCUT2D eigenvalue weighted by atomic mass is 32.2. The third-order valence-electron chi connectivity index (χ3n) is 3.65. The van der Waals surface area contributed by atoms with Gasteiger partial charge in [-0.15, -0.1) is 0 Å². The molecule has 1 aromatic rings. The lowest BCUT2D eigenvalue weighted by Crippen LogP contribution is -2.37. The molecular weight excluding hydrogens is 292 g/mol. The Morgan fingerprint density at radius 3 is 2.90 bits per heavy atom. The summed E-state index contributed by atoms with van der Waals surface area (Å²) in [6.07, 6.45) is 6.91. The summed E-state index contributed by atoms with van der Waals surface area (Å²) in [7, 11) is -3.25. The molecule has 1 aromatic heterocycles. The van der Waals surface area contributed by atoms with Crippen molar-refractivity contribution in [3.8, 4) is 0 Å². The largest absolute Gasteiger partial charge is 0.467 e. The van der Waals surface area contributed by atoms with E-state index >= 15 is 0 Å². The predicted molar refractivity (Wildman–Crippen MR) is 79.1 cm³/mol. The van der Waals surface area contributed by atoms with Gasteiger partial charge >= 0.3 is 0 Å². The minimum absolute atomic E-state index is 0.0329. The number of carbonyl (C=O) groups is 1. The summed E-state index contributed by atoms with van der Waals surface area (Å²) in [5, 5.41) is 0. The van der Waals surface area contributed by atoms with Crippen LogP contribution in [0.25, 0.3) is 0 Å². The molecule has 0 aliphatic carbocycles. The molecule has 1 saturated heterocycles. The standard InChI is InChI=1S/C14H22N2O4S/c1-21(18,19)15-9-8-14(17)16-10-4-2-3-6-12(16)13-7-5-11-20-13/h5,7,11-12,15H,2-4,6,8-10H2,1H3. The van der Waals surface area contributed by atoms with Crippen LogP contribution in [0.1, 0.15) is 43.9 Å². The first-order chi connectivity index (χ1) is 9.97. The number of hydrogen-bond donors (Lipinski definition) is 1. The van der Waals surface area contributed by atoms with E-state index in [4.69, 9.17) is 4.42 Å². The smallest absolute Gasteiger partial charge is 0.224 e. The summed E-state index contributed by atoms with van der Waals surface area (Å²) in [5.41, 5.74) is 0. The molecular formula is C14H22N2O4S. The minimum Gasteiger partial charge on any atom is -0.467 e. The van der Waals surface area contributed by atoms with Crippen LogP contribution in [-0.4, -0.2) is 38.6 Å². The Morgan fingerprint density at radius 2 is 2.24 bits per heavy atom. The molecule has 2 rings (SSSR count). The molecule has 1 unspecified atom stereocenters. The normalized spacial score (nSPS) is 20.2. The van der Waals surface area contributed by atoms with Crippen LogP contribution in [0.2, 0.25) is 0 Å². The molecule has 2 heterocycles. The predicted octanol–water partition coefficient (Wildman–Crippen LogP) is 1.66. The van der Waals surface area contributed by atoms with Crippen molar-refractivity contribution < 1.29 is 17.6 Å². The summed E-state index contributed by atoms with van der Waals surface area (Å²) in [6.45, 7) is 0.835. The van der Waals surface area contributed by atoms with E-state index in [-0.39, 0.29) is 24.9 Å². The van der Waals surface area contributed by atoms with Crippen molar-refractivity contribution in [2.45, 2.75) is 38.1 Å². The molecule has 1 N–H and O–H groups in total. The van der Waals surface area contributed by atoms with E-state index in [1.54, 1.807) is 6.26 Å². The van der Waals surface area contributed by atoms with Crippen molar-refractivity contribution >= 4 is 15.9 Å². The molecule has 1 aliphatic heterocycles. The van der Waals surface area contributed by atoms with Gasteiger partial charge in [0.2, 0.25) is 15.9 Å². The van der Waals surface area contributed by atoms with E-state index < -0.39 is 10.0 Å². The number of rotatable bonds is 5. The lowest BCUT2D eigenvalue weighted by molar-refractivity contribution is -0.133. The number of likely N-dealkylation sites (tertiary alicyclic amines) is 1. The number of hydrogen-bond acceptors (Lipinski definition) is 4. The zero-order valence-corrected chi connectivity index (χ0v) is 13.1. The fourth-order valence-electron chi connectivity index (χ4n) is 2.67. The van der Waals surface area contributed by atoms with Crippen molar-refractivity contribution in [1.29, 1.82) is 0 Å². The SMILES string of the molecule is CS(=O)(=O)NCCC(=O)N1CCCCCC1c1ccco1. The van der Waals surface area contributed by atoms with Gasteiger partial charge in [0.1, 0.15) is 5.76 Å². The molecule has 0 radical (unpaired) electrons. The van der Waals surface area contributed by atoms with Crippen LogP contribution in [0.15, 0.2) is 22.8 Å². The van der Waals surface area contributed by atoms with Crippen LogP contribution < -0.4 is 4.72 Å². The second kappa shape index (κ2) is 7.09. The molecule has 1 amide bonds. The van der Waals surface area contributed by atoms with Gasteiger partial charge in [0.05, 0.1) is 18.6 Å². The molecule has 0 spiro atoms. The van der Waals surface area contributed by atoms with Gasteiger partial charge in [-0.05, 0) is 25.0 Å². The molecule has 1 atom stereocenters. The second-order valence-corrected chi connectivity index (χ2v) is 7.22. The fourth-order valence-corrected chi connectivity index (χ4v) is 3.14. The Bertz CT molecular complexity index is 554. The molecule has 0 saturated carbocycles. The van der Waals surface area contributed by atoms with Crippen molar-refractivity contribution in [3.05, 3.63) is 24.2 Å². The average Bonchev–Trinajstić information content (AvgIpc) is 2.81. The van der Waals surface area contributed by atoms with Gasteiger partial charge in [-0.2, -0.15) is 0 Å². The van der Waals surface area contributed by atoms with Crippen molar-refractivity contribution in [2.75, 3.05) is 19.3 Å². The Morgan fingerprint density at radius 1 is 1.43 bits per heavy atom. The molecule has 0 bridgehead atoms. The highest BCUT2D eigenvalue weighted by Crippen LogP contribution is 2.30. The zero-order chi connectivity index (χ0) is 15.3. The number of nitrogens with one attached hydrogen (secondary N) is 1. The van der Waals surface area contributed by atoms with E-state index in [1.807, 2.05) is 17.0 Å². The minimum atomic E-state index is -3.25. The third kappa shape index (κ3) is 4.86. The van der Waals surface area contributed by atoms with E-state index in [2.05, 4.69) is 4.72 Å². The molecule has 0 aromatic carbocycles. The van der Waals surface area contributed by atoms with Crippen LogP contribution in [0.4, 0.5) is 0 Å². The number of nitrogens with zero attached hydrogens (tertiary/aromatic N) is 1. The number of sulfonamides is 1. The Kier molecular flexibility index (Phi) is 5.41. The topological polar surface area (TPSA) is 79.6 Å². The van der Waals surface area contributed by atoms with Gasteiger partial charge in [-0.25, -0.2) is 13.1 Å². The number of carbonyl (C=O) groups excluding carboxylic acids is 1. The van der Waals surface area contributed by atoms with Crippen LogP contribution in [-0.2, 0) is 14.8 Å². The van der Waals surface area contributed by atoms with Crippen molar-refractivity contribution in [1.82, 2.24) is 9.62 Å². The Labute approximate surface area is 125 Å². The summed E-state index contributed by atoms with van der Waals surface area (Å²) in [4.78, 5) is 14.2. The van der Waals surface area contributed by atoms with Crippen molar-refractivity contribution in [3.63, 3.8) is 0 Å². The summed E-state index contributed by atoms with van der Waals surface area (Å²) in [6, 6.07) is 3.69. The Balaban J connectivity index is 2.01. The van der Waals surface area contributed by atoms with Crippen LogP contribution in [0.3, 0.4) is 0 Å². The lowest BCUT2D eigenvalue weighted by atomic mass is 10.1. The lowest BCUT2D eigenvalue weighted by Gasteiger charge is -2.28. The maximum Gasteiger partial charge on any atom is 0.224 e. The highest BCUT2D eigenvalue weighted by Gasteiger charge is 2.28. The summed E-state index contributed by atoms with van der Waals surface area (Å²) >= 11 is 0. The van der Waals surface area contributed by atoms with Gasteiger partial charge in [-0.1, -0.05) is 12.8 Å². The molecule has 118 valence electrons. The summed E-state index contributed by atoms with van der Waals surface area (Å²) < 4.78 is 29.9. The monoisotopic (exact) mass is 314 g/mol. The molecule has 7 heteroatoms. The van der Waals surface area contributed by atoms with Crippen molar-refractivity contribution in [2.24, 2.45) is 0 Å². The van der Waals surface area contributed by atoms with E-state index in [0.717, 1.165) is 37.7 Å². The van der Waals surface area contributed by atoms with Gasteiger partial charge in [-0.3, -0.25) is 4.79 Å². The average molecular weight is 314 g/mol. The van der Waals surface area contributed by atoms with Crippen LogP contribution >= 0.6 is 0 Å². The first-order valence-electron chi connectivity index (χ1n) is 7.25. The van der Waals surface area contributed by atoms with E-state index in [9.17, 15) is 13.2 Å². The van der Waals surface area contributed by atoms with Gasteiger partial charge < -0.3 is 9.32 Å². The van der Waals surface area contributed by atoms with Gasteiger partial charge in [0.15, 0.2) is 0 Å². The quantitative estimate of drug-likeness (QED) is 0.896. The maximum absolute atomic E-state index is 12.4. The van der Waals surface area contributed by atoms with Gasteiger partial charge in [0, 0.05) is 19.5 Å². The maximum atomic E-state index is 12.4. The fraction of sp³-hybridized carbons (Fsp3) is 0.643. The number of amides is 1.